The van der Waals surface area contributed by atoms with Crippen LogP contribution in [0.3, 0.4) is 0 Å². The molecule has 0 spiro atoms. The minimum absolute atomic E-state index is 0.0584. The average molecular weight is 926 g/mol. The second kappa shape index (κ2) is 16.7. The van der Waals surface area contributed by atoms with Crippen molar-refractivity contribution in [2.24, 2.45) is 28.7 Å². The van der Waals surface area contributed by atoms with Crippen molar-refractivity contribution in [3.63, 3.8) is 0 Å². The summed E-state index contributed by atoms with van der Waals surface area (Å²) in [7, 11) is 0. The van der Waals surface area contributed by atoms with E-state index in [1.54, 1.807) is 22.3 Å². The molecule has 1 fully saturated rings. The number of quaternary nitrogens is 1. The lowest BCUT2D eigenvalue weighted by Gasteiger charge is -2.31. The quantitative estimate of drug-likeness (QED) is 0.172. The van der Waals surface area contributed by atoms with Crippen LogP contribution in [0.4, 0.5) is 0 Å². The van der Waals surface area contributed by atoms with Crippen LogP contribution in [0.5, 0.6) is 0 Å². The summed E-state index contributed by atoms with van der Waals surface area (Å²) in [6.45, 7) is 2.53. The molecule has 2 N–H and O–H groups in total. The van der Waals surface area contributed by atoms with E-state index in [2.05, 4.69) is 194 Å². The van der Waals surface area contributed by atoms with Crippen molar-refractivity contribution in [2.45, 2.75) is 97.7 Å². The van der Waals surface area contributed by atoms with Crippen molar-refractivity contribution >= 4 is 56.7 Å². The summed E-state index contributed by atoms with van der Waals surface area (Å²) in [4.78, 5) is 10.3. The molecule has 0 radical (unpaired) electrons. The predicted octanol–water partition coefficient (Wildman–Crippen LogP) is 15.0. The molecule has 4 aromatic carbocycles. The summed E-state index contributed by atoms with van der Waals surface area (Å²) in [5.74, 6) is 3.24. The summed E-state index contributed by atoms with van der Waals surface area (Å²) in [6, 6.07) is 35.7. The Hall–Kier alpha value is -4.91. The Bertz CT molecular complexity index is 3150. The Balaban J connectivity index is 0.867. The topological polar surface area (TPSA) is 29.0 Å². The van der Waals surface area contributed by atoms with Crippen LogP contribution in [0.2, 0.25) is 0 Å². The van der Waals surface area contributed by atoms with E-state index >= 15 is 0 Å². The molecule has 9 aliphatic rings. The van der Waals surface area contributed by atoms with Crippen LogP contribution in [0.25, 0.3) is 27.3 Å². The lowest BCUT2D eigenvalue weighted by molar-refractivity contribution is -0.723. The molecule has 5 heteroatoms. The molecular weight excluding hydrogens is 869 g/mol. The van der Waals surface area contributed by atoms with Gasteiger partial charge in [0.05, 0.1) is 0 Å². The van der Waals surface area contributed by atoms with Crippen LogP contribution < -0.4 is 5.32 Å². The average Bonchev–Trinajstić information content (AvgIpc) is 3.69. The Morgan fingerprint density at radius 2 is 1.60 bits per heavy atom. The fraction of sp³-hybridized carbons (Fsp3) is 0.306. The third-order valence-corrected chi connectivity index (χ3v) is 20.9. The Morgan fingerprint density at radius 1 is 0.701 bits per heavy atom. The zero-order valence-electron chi connectivity index (χ0n) is 38.2. The van der Waals surface area contributed by atoms with Crippen LogP contribution in [0, 0.1) is 23.7 Å². The molecule has 5 aromatic rings. The third kappa shape index (κ3) is 7.29. The number of fused-ring (bicyclic) bond motifs is 9. The van der Waals surface area contributed by atoms with E-state index in [1.807, 2.05) is 11.3 Å². The minimum Gasteiger partial charge on any atom is -0.315 e. The van der Waals surface area contributed by atoms with Crippen molar-refractivity contribution in [1.29, 1.82) is 0 Å². The van der Waals surface area contributed by atoms with Gasteiger partial charge in [0.25, 0.3) is 0 Å². The molecule has 67 heavy (non-hydrogen) atoms. The van der Waals surface area contributed by atoms with Crippen LogP contribution in [0.15, 0.2) is 189 Å². The summed E-state index contributed by atoms with van der Waals surface area (Å²) >= 11 is 6.11. The number of thiophene rings is 1. The van der Waals surface area contributed by atoms with E-state index < -0.39 is 0 Å². The van der Waals surface area contributed by atoms with E-state index in [1.165, 1.54) is 88.7 Å². The van der Waals surface area contributed by atoms with Gasteiger partial charge in [-0.1, -0.05) is 122 Å². The van der Waals surface area contributed by atoms with E-state index in [0.29, 0.717) is 52.0 Å². The van der Waals surface area contributed by atoms with Crippen LogP contribution >= 0.6 is 34.9 Å². The lowest BCUT2D eigenvalue weighted by atomic mass is 9.77. The molecular formula is C62H57N2S3+. The highest BCUT2D eigenvalue weighted by atomic mass is 32.2. The monoisotopic (exact) mass is 925 g/mol. The van der Waals surface area contributed by atoms with Gasteiger partial charge >= 0.3 is 0 Å². The van der Waals surface area contributed by atoms with Crippen molar-refractivity contribution in [2.75, 3.05) is 0 Å². The van der Waals surface area contributed by atoms with Gasteiger partial charge in [-0.3, -0.25) is 0 Å². The molecule has 0 amide bonds. The van der Waals surface area contributed by atoms with E-state index in [0.717, 1.165) is 32.1 Å². The molecule has 1 aromatic heterocycles. The number of hydrogen-bond donors (Lipinski definition) is 1. The highest BCUT2D eigenvalue weighted by Gasteiger charge is 2.56. The smallest absolute Gasteiger partial charge is 0.206 e. The number of rotatable bonds is 6. The van der Waals surface area contributed by atoms with E-state index in [-0.39, 0.29) is 6.17 Å². The van der Waals surface area contributed by atoms with Crippen molar-refractivity contribution in [1.82, 2.24) is 0 Å². The number of aryl methyl sites for hydroxylation is 1. The fourth-order valence-electron chi connectivity index (χ4n) is 13.3. The number of thioether (sulfide) groups is 2. The van der Waals surface area contributed by atoms with Crippen LogP contribution in [-0.2, 0) is 6.42 Å². The van der Waals surface area contributed by atoms with Crippen LogP contribution in [-0.4, -0.2) is 22.3 Å². The Morgan fingerprint density at radius 3 is 2.55 bits per heavy atom. The van der Waals surface area contributed by atoms with Gasteiger partial charge in [-0.25, -0.2) is 4.99 Å². The van der Waals surface area contributed by atoms with E-state index in [4.69, 9.17) is 4.99 Å². The van der Waals surface area contributed by atoms with Gasteiger partial charge in [0, 0.05) is 64.8 Å². The molecule has 2 nitrogen and oxygen atoms in total. The molecule has 4 heterocycles. The lowest BCUT2D eigenvalue weighted by Crippen LogP contribution is -2.92. The first-order chi connectivity index (χ1) is 33.1. The molecule has 6 aliphatic carbocycles. The molecule has 0 saturated heterocycles. The number of hydrogen-bond acceptors (Lipinski definition) is 4. The second-order valence-electron chi connectivity index (χ2n) is 20.7. The maximum absolute atomic E-state index is 5.88. The predicted molar refractivity (Wildman–Crippen MR) is 285 cm³/mol. The first-order valence-electron chi connectivity index (χ1n) is 25.2. The Labute approximate surface area is 408 Å². The molecule has 10 atom stereocenters. The van der Waals surface area contributed by atoms with Gasteiger partial charge in [-0.2, -0.15) is 0 Å². The van der Waals surface area contributed by atoms with Crippen molar-refractivity contribution in [3.05, 3.63) is 212 Å². The maximum atomic E-state index is 5.88. The maximum Gasteiger partial charge on any atom is 0.206 e. The summed E-state index contributed by atoms with van der Waals surface area (Å²) < 4.78 is 1.43. The zero-order chi connectivity index (χ0) is 44.2. The highest BCUT2D eigenvalue weighted by Crippen LogP contribution is 2.55. The van der Waals surface area contributed by atoms with Crippen molar-refractivity contribution in [3.8, 4) is 11.1 Å². The standard InChI is InChI=1S/C62H56N2S3/c1-36-49-35-53(37-12-3-2-4-13-37)63-62(42-15-11-14-38(28-42)39-22-25-57-50(32-39)46-16-5-8-19-54(46)65-57)64-61(60(36)49)45-30-43(40-23-26-58-51(33-40)47-17-6-9-20-55(47)66-58)29-44(31-45)41-24-27-59-52(34-41)48-18-7-10-21-56(48)67-59/h2-4,8-15,19-30,32-34,36,44,46,49,51,54,58,60-62,64H,5-7,16-18,31,35H2,1H3/p+1. The van der Waals surface area contributed by atoms with Gasteiger partial charge in [-0.05, 0) is 167 Å². The highest BCUT2D eigenvalue weighted by molar-refractivity contribution is 8.04. The molecule has 1 saturated carbocycles. The number of benzene rings is 4. The molecule has 3 aliphatic heterocycles. The summed E-state index contributed by atoms with van der Waals surface area (Å²) in [5.41, 5.74) is 17.1. The first kappa shape index (κ1) is 41.1. The normalized spacial score (nSPS) is 31.1. The number of allylic oxidation sites excluding steroid dienone is 11. The summed E-state index contributed by atoms with van der Waals surface area (Å²) in [6.07, 6.45) is 36.4. The van der Waals surface area contributed by atoms with Gasteiger partial charge in [0.1, 0.15) is 6.04 Å². The van der Waals surface area contributed by atoms with Gasteiger partial charge in [0.15, 0.2) is 0 Å². The Kier molecular flexibility index (Phi) is 10.2. The molecule has 0 bridgehead atoms. The van der Waals surface area contributed by atoms with Crippen molar-refractivity contribution < 1.29 is 5.32 Å². The summed E-state index contributed by atoms with van der Waals surface area (Å²) in [5, 5.41) is 5.30. The fourth-order valence-corrected chi connectivity index (χ4v) is 17.3. The minimum atomic E-state index is -0.0584. The largest absolute Gasteiger partial charge is 0.315 e. The molecule has 10 unspecified atom stereocenters. The molecule has 14 rings (SSSR count). The van der Waals surface area contributed by atoms with Gasteiger partial charge in [-0.15, -0.1) is 34.9 Å². The molecule has 332 valence electrons. The number of aliphatic imine (C=N–C) groups is 1. The van der Waals surface area contributed by atoms with Crippen LogP contribution in [0.1, 0.15) is 103 Å². The van der Waals surface area contributed by atoms with Gasteiger partial charge in [0.2, 0.25) is 6.17 Å². The van der Waals surface area contributed by atoms with E-state index in [9.17, 15) is 0 Å². The first-order valence-corrected chi connectivity index (χ1v) is 27.8. The third-order valence-electron chi connectivity index (χ3n) is 16.9. The zero-order valence-corrected chi connectivity index (χ0v) is 40.6. The SMILES string of the molecule is CC1C2CC(c3ccccc3)=NC(c3cccc(-c4ccc5c(c4)C4CCC=CC4S5)c3)[NH2+]C(C3=CC(C4=CC5C6=C(C=CCC6)SC5C=C4)=CC(c4ccc5sc6c(c5c4)CCC=C6)C3)C12. The number of nitrogens with two attached hydrogens (primary N) is 1. The van der Waals surface area contributed by atoms with Gasteiger partial charge < -0.3 is 5.32 Å². The second-order valence-corrected chi connectivity index (χ2v) is 24.2. The number of nitrogens with zero attached hydrogens (tertiary/aromatic N) is 1.